The summed E-state index contributed by atoms with van der Waals surface area (Å²) < 4.78 is 0.278. The van der Waals surface area contributed by atoms with E-state index in [1.54, 1.807) is 0 Å². The Kier molecular flexibility index (Phi) is 2.39. The fourth-order valence-corrected chi connectivity index (χ4v) is 2.69. The van der Waals surface area contributed by atoms with Crippen molar-refractivity contribution in [1.29, 1.82) is 0 Å². The predicted molar refractivity (Wildman–Crippen MR) is 57.4 cm³/mol. The standard InChI is InChI=1S/C10H15N2S/c1-10(2)9(12-7-13-10)8-5-3-4-6-11-8/h3-4,9,11-12H,6-7H2,1-2H3. The number of thioether (sulfide) groups is 1. The van der Waals surface area contributed by atoms with Crippen LogP contribution in [0.15, 0.2) is 17.8 Å². The summed E-state index contributed by atoms with van der Waals surface area (Å²) in [5.41, 5.74) is 1.21. The van der Waals surface area contributed by atoms with Crippen molar-refractivity contribution >= 4 is 11.8 Å². The van der Waals surface area contributed by atoms with Gasteiger partial charge in [-0.15, -0.1) is 11.8 Å². The zero-order chi connectivity index (χ0) is 9.31. The molecule has 2 N–H and O–H groups in total. The van der Waals surface area contributed by atoms with Crippen LogP contribution in [0.2, 0.25) is 0 Å². The largest absolute Gasteiger partial charge is 0.383 e. The van der Waals surface area contributed by atoms with E-state index in [0.29, 0.717) is 6.04 Å². The van der Waals surface area contributed by atoms with Crippen LogP contribution in [0.3, 0.4) is 0 Å². The second-order valence-electron chi connectivity index (χ2n) is 3.87. The molecule has 0 saturated carbocycles. The van der Waals surface area contributed by atoms with Gasteiger partial charge in [-0.05, 0) is 13.8 Å². The van der Waals surface area contributed by atoms with Crippen LogP contribution in [0.5, 0.6) is 0 Å². The van der Waals surface area contributed by atoms with E-state index in [1.165, 1.54) is 5.70 Å². The first-order chi connectivity index (χ1) is 6.20. The van der Waals surface area contributed by atoms with E-state index in [2.05, 4.69) is 36.6 Å². The molecule has 0 bridgehead atoms. The SMILES string of the molecule is CC1(C)SCNC1C1=[C]C=CCN1. The Labute approximate surface area is 83.9 Å². The predicted octanol–water partition coefficient (Wildman–Crippen LogP) is 1.27. The fraction of sp³-hybridized carbons (Fsp3) is 0.600. The highest BCUT2D eigenvalue weighted by Gasteiger charge is 2.37. The third-order valence-corrected chi connectivity index (χ3v) is 3.77. The summed E-state index contributed by atoms with van der Waals surface area (Å²) in [6.07, 6.45) is 7.35. The first kappa shape index (κ1) is 9.16. The Morgan fingerprint density at radius 3 is 3.00 bits per heavy atom. The molecule has 3 heteroatoms. The van der Waals surface area contributed by atoms with Gasteiger partial charge in [0.1, 0.15) is 0 Å². The number of hydrogen-bond donors (Lipinski definition) is 2. The van der Waals surface area contributed by atoms with Crippen LogP contribution in [0.25, 0.3) is 0 Å². The summed E-state index contributed by atoms with van der Waals surface area (Å²) in [4.78, 5) is 0. The molecule has 2 rings (SSSR count). The molecule has 0 aromatic carbocycles. The van der Waals surface area contributed by atoms with Crippen LogP contribution in [-0.2, 0) is 0 Å². The van der Waals surface area contributed by atoms with Gasteiger partial charge in [-0.3, -0.25) is 5.32 Å². The molecule has 0 aromatic heterocycles. The van der Waals surface area contributed by atoms with Gasteiger partial charge in [0.05, 0.1) is 6.04 Å². The van der Waals surface area contributed by atoms with Crippen LogP contribution in [0.1, 0.15) is 13.8 Å². The van der Waals surface area contributed by atoms with Gasteiger partial charge in [-0.25, -0.2) is 0 Å². The first-order valence-corrected chi connectivity index (χ1v) is 5.58. The Morgan fingerprint density at radius 2 is 2.46 bits per heavy atom. The average Bonchev–Trinajstić information content (AvgIpc) is 2.47. The second-order valence-corrected chi connectivity index (χ2v) is 5.50. The molecule has 0 aromatic rings. The quantitative estimate of drug-likeness (QED) is 0.659. The molecular weight excluding hydrogens is 180 g/mol. The van der Waals surface area contributed by atoms with Gasteiger partial charge in [0, 0.05) is 28.9 Å². The molecule has 2 aliphatic heterocycles. The monoisotopic (exact) mass is 195 g/mol. The van der Waals surface area contributed by atoms with E-state index in [-0.39, 0.29) is 4.75 Å². The van der Waals surface area contributed by atoms with Gasteiger partial charge in [-0.1, -0.05) is 12.2 Å². The number of allylic oxidation sites excluding steroid dienone is 2. The molecule has 2 aliphatic rings. The van der Waals surface area contributed by atoms with Crippen molar-refractivity contribution in [3.05, 3.63) is 23.9 Å². The maximum Gasteiger partial charge on any atom is 0.0626 e. The molecule has 2 heterocycles. The van der Waals surface area contributed by atoms with Crippen LogP contribution in [0.4, 0.5) is 0 Å². The molecule has 1 radical (unpaired) electrons. The number of dihydropyridines is 1. The summed E-state index contributed by atoms with van der Waals surface area (Å²) in [6, 6.07) is 0.419. The minimum atomic E-state index is 0.278. The van der Waals surface area contributed by atoms with Crippen LogP contribution in [0, 0.1) is 6.08 Å². The van der Waals surface area contributed by atoms with E-state index >= 15 is 0 Å². The third kappa shape index (κ3) is 1.76. The Balaban J connectivity index is 2.16. The van der Waals surface area contributed by atoms with Crippen molar-refractivity contribution in [2.24, 2.45) is 0 Å². The summed E-state index contributed by atoms with van der Waals surface area (Å²) in [6.45, 7) is 5.48. The number of nitrogens with one attached hydrogen (secondary N) is 2. The molecule has 2 nitrogen and oxygen atoms in total. The van der Waals surface area contributed by atoms with E-state index < -0.39 is 0 Å². The minimum absolute atomic E-state index is 0.278. The molecule has 0 spiro atoms. The number of hydrogen-bond acceptors (Lipinski definition) is 3. The van der Waals surface area contributed by atoms with Crippen molar-refractivity contribution in [3.63, 3.8) is 0 Å². The topological polar surface area (TPSA) is 24.1 Å². The lowest BCUT2D eigenvalue weighted by Gasteiger charge is -2.28. The summed E-state index contributed by atoms with van der Waals surface area (Å²) in [5.74, 6) is 1.04. The van der Waals surface area contributed by atoms with E-state index in [4.69, 9.17) is 0 Å². The highest BCUT2D eigenvalue weighted by molar-refractivity contribution is 8.00. The van der Waals surface area contributed by atoms with Crippen molar-refractivity contribution < 1.29 is 0 Å². The maximum atomic E-state index is 3.48. The molecule has 1 fully saturated rings. The maximum absolute atomic E-state index is 3.48. The van der Waals surface area contributed by atoms with E-state index in [9.17, 15) is 0 Å². The lowest BCUT2D eigenvalue weighted by atomic mass is 9.99. The zero-order valence-electron chi connectivity index (χ0n) is 8.05. The van der Waals surface area contributed by atoms with E-state index in [0.717, 1.165) is 12.4 Å². The van der Waals surface area contributed by atoms with Crippen molar-refractivity contribution in [1.82, 2.24) is 10.6 Å². The summed E-state index contributed by atoms with van der Waals surface area (Å²) >= 11 is 1.97. The fourth-order valence-electron chi connectivity index (χ4n) is 1.70. The normalized spacial score (nSPS) is 31.2. The lowest BCUT2D eigenvalue weighted by Crippen LogP contribution is -2.43. The van der Waals surface area contributed by atoms with Crippen LogP contribution in [-0.4, -0.2) is 23.2 Å². The van der Waals surface area contributed by atoms with Gasteiger partial charge < -0.3 is 5.32 Å². The number of rotatable bonds is 1. The third-order valence-electron chi connectivity index (χ3n) is 2.48. The van der Waals surface area contributed by atoms with Crippen molar-refractivity contribution in [3.8, 4) is 0 Å². The molecule has 0 aliphatic carbocycles. The molecule has 1 atom stereocenters. The van der Waals surface area contributed by atoms with Crippen LogP contribution < -0.4 is 10.6 Å². The van der Waals surface area contributed by atoms with Crippen molar-refractivity contribution in [2.75, 3.05) is 12.4 Å². The smallest absolute Gasteiger partial charge is 0.0626 e. The van der Waals surface area contributed by atoms with E-state index in [1.807, 2.05) is 17.8 Å². The Bertz CT molecular complexity index is 256. The highest BCUT2D eigenvalue weighted by atomic mass is 32.2. The zero-order valence-corrected chi connectivity index (χ0v) is 8.87. The molecule has 1 saturated heterocycles. The molecular formula is C10H15N2S. The highest BCUT2D eigenvalue weighted by Crippen LogP contribution is 2.35. The van der Waals surface area contributed by atoms with Gasteiger partial charge in [-0.2, -0.15) is 0 Å². The molecule has 0 amide bonds. The Morgan fingerprint density at radius 1 is 1.62 bits per heavy atom. The first-order valence-electron chi connectivity index (χ1n) is 4.60. The van der Waals surface area contributed by atoms with Gasteiger partial charge in [0.2, 0.25) is 0 Å². The van der Waals surface area contributed by atoms with Crippen LogP contribution >= 0.6 is 11.8 Å². The van der Waals surface area contributed by atoms with Gasteiger partial charge in [0.25, 0.3) is 0 Å². The molecule has 1 unspecified atom stereocenters. The molecule has 13 heavy (non-hydrogen) atoms. The average molecular weight is 195 g/mol. The van der Waals surface area contributed by atoms with Crippen molar-refractivity contribution in [2.45, 2.75) is 24.6 Å². The second kappa shape index (κ2) is 3.39. The summed E-state index contributed by atoms with van der Waals surface area (Å²) in [7, 11) is 0. The van der Waals surface area contributed by atoms with Gasteiger partial charge >= 0.3 is 0 Å². The lowest BCUT2D eigenvalue weighted by molar-refractivity contribution is 0.514. The van der Waals surface area contributed by atoms with Gasteiger partial charge in [0.15, 0.2) is 0 Å². The minimum Gasteiger partial charge on any atom is -0.383 e. The summed E-state index contributed by atoms with van der Waals surface area (Å²) in [5, 5.41) is 6.84. The Hall–Kier alpha value is -0.410. The molecule has 71 valence electrons.